The monoisotopic (exact) mass is 360 g/mol. The van der Waals surface area contributed by atoms with E-state index in [1.807, 2.05) is 45.0 Å². The summed E-state index contributed by atoms with van der Waals surface area (Å²) in [4.78, 5) is 11.9. The van der Waals surface area contributed by atoms with Gasteiger partial charge in [-0.25, -0.2) is 5.43 Å². The van der Waals surface area contributed by atoms with E-state index in [1.54, 1.807) is 19.2 Å². The summed E-state index contributed by atoms with van der Waals surface area (Å²) in [6.07, 6.45) is 0. The van der Waals surface area contributed by atoms with Crippen LogP contribution in [0.5, 0.6) is 11.5 Å². The fraction of sp³-hybridized carbons (Fsp3) is 0.263. The summed E-state index contributed by atoms with van der Waals surface area (Å²) in [6.45, 7) is 5.48. The number of nitrogens with one attached hydrogen (secondary N) is 1. The summed E-state index contributed by atoms with van der Waals surface area (Å²) in [5, 5.41) is 4.79. The van der Waals surface area contributed by atoms with E-state index in [9.17, 15) is 4.79 Å². The Morgan fingerprint density at radius 3 is 2.28 bits per heavy atom. The highest BCUT2D eigenvalue weighted by atomic mass is 35.5. The molecule has 2 aromatic carbocycles. The molecular weight excluding hydrogens is 340 g/mol. The van der Waals surface area contributed by atoms with E-state index in [2.05, 4.69) is 10.5 Å². The van der Waals surface area contributed by atoms with Crippen LogP contribution < -0.4 is 14.9 Å². The van der Waals surface area contributed by atoms with Crippen molar-refractivity contribution in [1.29, 1.82) is 0 Å². The number of hydrazone groups is 1. The first-order valence-electron chi connectivity index (χ1n) is 7.78. The van der Waals surface area contributed by atoms with Crippen LogP contribution in [-0.4, -0.2) is 25.3 Å². The zero-order chi connectivity index (χ0) is 18.4. The number of nitrogens with zero attached hydrogens (tertiary/aromatic N) is 1. The molecule has 0 aromatic heterocycles. The quantitative estimate of drug-likeness (QED) is 0.628. The molecule has 0 unspecified atom stereocenters. The minimum absolute atomic E-state index is 0.125. The number of halogens is 1. The number of amides is 1. The molecule has 0 saturated heterocycles. The van der Waals surface area contributed by atoms with Gasteiger partial charge in [0.1, 0.15) is 11.5 Å². The van der Waals surface area contributed by atoms with Crippen LogP contribution in [-0.2, 0) is 4.79 Å². The zero-order valence-corrected chi connectivity index (χ0v) is 15.5. The molecule has 2 rings (SSSR count). The first kappa shape index (κ1) is 18.8. The number of carbonyl (C=O) groups is 1. The summed E-state index contributed by atoms with van der Waals surface area (Å²) < 4.78 is 10.6. The molecule has 6 heteroatoms. The van der Waals surface area contributed by atoms with Crippen molar-refractivity contribution in [2.24, 2.45) is 5.10 Å². The highest BCUT2D eigenvalue weighted by Crippen LogP contribution is 2.25. The first-order valence-corrected chi connectivity index (χ1v) is 8.15. The number of benzene rings is 2. The third-order valence-electron chi connectivity index (χ3n) is 3.64. The Labute approximate surface area is 152 Å². The van der Waals surface area contributed by atoms with Crippen molar-refractivity contribution in [2.75, 3.05) is 13.7 Å². The maximum Gasteiger partial charge on any atom is 0.277 e. The number of aryl methyl sites for hydroxylation is 2. The average molecular weight is 361 g/mol. The topological polar surface area (TPSA) is 59.9 Å². The molecule has 2 aromatic rings. The summed E-state index contributed by atoms with van der Waals surface area (Å²) >= 11 is 6.11. The van der Waals surface area contributed by atoms with E-state index in [-0.39, 0.29) is 12.5 Å². The van der Waals surface area contributed by atoms with Gasteiger partial charge in [0, 0.05) is 5.02 Å². The summed E-state index contributed by atoms with van der Waals surface area (Å²) in [5.41, 5.74) is 5.89. The average Bonchev–Trinajstić information content (AvgIpc) is 2.62. The maximum absolute atomic E-state index is 11.9. The number of hydrogen-bond donors (Lipinski definition) is 1. The highest BCUT2D eigenvalue weighted by Gasteiger charge is 2.06. The van der Waals surface area contributed by atoms with Crippen molar-refractivity contribution in [3.63, 3.8) is 0 Å². The minimum Gasteiger partial charge on any atom is -0.497 e. The normalized spacial score (nSPS) is 11.2. The Kier molecular flexibility index (Phi) is 6.42. The standard InChI is InChI=1S/C19H21ClN2O3/c1-12-9-17(10-13(2)19(12)20)25-11-18(23)22-21-14(3)15-5-7-16(24-4)8-6-15/h5-10H,11H2,1-4H3,(H,22,23). The van der Waals surface area contributed by atoms with Crippen LogP contribution in [0.2, 0.25) is 5.02 Å². The second-order valence-electron chi connectivity index (χ2n) is 5.62. The molecule has 0 bridgehead atoms. The molecule has 0 saturated carbocycles. The first-order chi connectivity index (χ1) is 11.9. The van der Waals surface area contributed by atoms with Crippen molar-refractivity contribution in [3.05, 3.63) is 58.1 Å². The van der Waals surface area contributed by atoms with Crippen LogP contribution in [0, 0.1) is 13.8 Å². The van der Waals surface area contributed by atoms with Gasteiger partial charge in [0.25, 0.3) is 5.91 Å². The smallest absolute Gasteiger partial charge is 0.277 e. The Hall–Kier alpha value is -2.53. The van der Waals surface area contributed by atoms with E-state index < -0.39 is 0 Å². The molecule has 0 aliphatic rings. The van der Waals surface area contributed by atoms with Crippen LogP contribution in [0.15, 0.2) is 41.5 Å². The maximum atomic E-state index is 11.9. The van der Waals surface area contributed by atoms with Gasteiger partial charge in [0.2, 0.25) is 0 Å². The second kappa shape index (κ2) is 8.53. The van der Waals surface area contributed by atoms with Gasteiger partial charge in [-0.15, -0.1) is 0 Å². The van der Waals surface area contributed by atoms with Gasteiger partial charge in [-0.1, -0.05) is 11.6 Å². The lowest BCUT2D eigenvalue weighted by Crippen LogP contribution is -2.25. The molecular formula is C19H21ClN2O3. The van der Waals surface area contributed by atoms with E-state index in [1.165, 1.54) is 0 Å². The molecule has 0 radical (unpaired) electrons. The molecule has 25 heavy (non-hydrogen) atoms. The fourth-order valence-electron chi connectivity index (χ4n) is 2.21. The van der Waals surface area contributed by atoms with E-state index in [0.29, 0.717) is 16.5 Å². The third kappa shape index (κ3) is 5.22. The van der Waals surface area contributed by atoms with Crippen LogP contribution in [0.3, 0.4) is 0 Å². The number of rotatable bonds is 6. The Balaban J connectivity index is 1.91. The minimum atomic E-state index is -0.335. The summed E-state index contributed by atoms with van der Waals surface area (Å²) in [5.74, 6) is 1.03. The molecule has 0 spiro atoms. The molecule has 1 N–H and O–H groups in total. The lowest BCUT2D eigenvalue weighted by molar-refractivity contribution is -0.123. The molecule has 0 aliphatic carbocycles. The van der Waals surface area contributed by atoms with Gasteiger partial charge in [-0.3, -0.25) is 4.79 Å². The van der Waals surface area contributed by atoms with E-state index >= 15 is 0 Å². The van der Waals surface area contributed by atoms with Crippen LogP contribution in [0.25, 0.3) is 0 Å². The molecule has 132 valence electrons. The molecule has 0 heterocycles. The highest BCUT2D eigenvalue weighted by molar-refractivity contribution is 6.32. The molecule has 1 amide bonds. The van der Waals surface area contributed by atoms with Gasteiger partial charge in [0.15, 0.2) is 6.61 Å². The third-order valence-corrected chi connectivity index (χ3v) is 4.23. The van der Waals surface area contributed by atoms with E-state index in [0.717, 1.165) is 22.4 Å². The Morgan fingerprint density at radius 1 is 1.12 bits per heavy atom. The van der Waals surface area contributed by atoms with Crippen molar-refractivity contribution in [3.8, 4) is 11.5 Å². The molecule has 0 aliphatic heterocycles. The SMILES string of the molecule is COc1ccc(C(C)=NNC(=O)COc2cc(C)c(Cl)c(C)c2)cc1. The second-order valence-corrected chi connectivity index (χ2v) is 6.00. The molecule has 0 fully saturated rings. The van der Waals surface area contributed by atoms with E-state index in [4.69, 9.17) is 21.1 Å². The fourth-order valence-corrected chi connectivity index (χ4v) is 2.32. The Morgan fingerprint density at radius 2 is 1.72 bits per heavy atom. The van der Waals surface area contributed by atoms with Crippen molar-refractivity contribution >= 4 is 23.2 Å². The van der Waals surface area contributed by atoms with Gasteiger partial charge in [0.05, 0.1) is 12.8 Å². The largest absolute Gasteiger partial charge is 0.497 e. The predicted octanol–water partition coefficient (Wildman–Crippen LogP) is 3.88. The van der Waals surface area contributed by atoms with Gasteiger partial charge >= 0.3 is 0 Å². The van der Waals surface area contributed by atoms with Crippen molar-refractivity contribution < 1.29 is 14.3 Å². The number of hydrogen-bond acceptors (Lipinski definition) is 4. The van der Waals surface area contributed by atoms with Crippen LogP contribution in [0.4, 0.5) is 0 Å². The van der Waals surface area contributed by atoms with Crippen molar-refractivity contribution in [2.45, 2.75) is 20.8 Å². The lowest BCUT2D eigenvalue weighted by Gasteiger charge is -2.09. The number of ether oxygens (including phenoxy) is 2. The summed E-state index contributed by atoms with van der Waals surface area (Å²) in [7, 11) is 1.61. The number of methoxy groups -OCH3 is 1. The molecule has 5 nitrogen and oxygen atoms in total. The lowest BCUT2D eigenvalue weighted by atomic mass is 10.1. The molecule has 0 atom stereocenters. The van der Waals surface area contributed by atoms with Crippen LogP contribution >= 0.6 is 11.6 Å². The van der Waals surface area contributed by atoms with Crippen LogP contribution in [0.1, 0.15) is 23.6 Å². The predicted molar refractivity (Wildman–Crippen MR) is 99.8 cm³/mol. The van der Waals surface area contributed by atoms with Gasteiger partial charge < -0.3 is 9.47 Å². The number of carbonyl (C=O) groups excluding carboxylic acids is 1. The summed E-state index contributed by atoms with van der Waals surface area (Å²) in [6, 6.07) is 11.0. The van der Waals surface area contributed by atoms with Crippen molar-refractivity contribution in [1.82, 2.24) is 5.43 Å². The Bertz CT molecular complexity index is 763. The van der Waals surface area contributed by atoms with Gasteiger partial charge in [-0.05, 0) is 73.9 Å². The van der Waals surface area contributed by atoms with Gasteiger partial charge in [-0.2, -0.15) is 5.10 Å². The zero-order valence-electron chi connectivity index (χ0n) is 14.7.